The van der Waals surface area contributed by atoms with Crippen LogP contribution in [-0.2, 0) is 11.3 Å². The second-order valence-electron chi connectivity index (χ2n) is 3.93. The van der Waals surface area contributed by atoms with Crippen molar-refractivity contribution in [2.75, 3.05) is 19.7 Å². The third kappa shape index (κ3) is 3.63. The van der Waals surface area contributed by atoms with E-state index in [1.165, 1.54) is 12.8 Å². The Balaban J connectivity index is 1.65. The predicted molar refractivity (Wildman–Crippen MR) is 61.7 cm³/mol. The molecule has 0 radical (unpaired) electrons. The molecule has 0 aromatic carbocycles. The van der Waals surface area contributed by atoms with Gasteiger partial charge in [-0.05, 0) is 53.4 Å². The maximum Gasteiger partial charge on any atom is 0.169 e. The van der Waals surface area contributed by atoms with Gasteiger partial charge in [-0.25, -0.2) is 0 Å². The van der Waals surface area contributed by atoms with Crippen LogP contribution in [-0.4, -0.2) is 19.7 Å². The zero-order valence-electron chi connectivity index (χ0n) is 8.67. The van der Waals surface area contributed by atoms with Crippen molar-refractivity contribution < 1.29 is 9.15 Å². The normalized spacial score (nSPS) is 21.8. The lowest BCUT2D eigenvalue weighted by atomic mass is 10.0. The van der Waals surface area contributed by atoms with Gasteiger partial charge in [-0.3, -0.25) is 0 Å². The molecule has 3 nitrogen and oxygen atoms in total. The summed E-state index contributed by atoms with van der Waals surface area (Å²) in [4.78, 5) is 0. The molecule has 15 heavy (non-hydrogen) atoms. The Morgan fingerprint density at radius 2 is 2.47 bits per heavy atom. The highest BCUT2D eigenvalue weighted by Crippen LogP contribution is 2.16. The van der Waals surface area contributed by atoms with Crippen LogP contribution in [0.3, 0.4) is 0 Å². The van der Waals surface area contributed by atoms with Gasteiger partial charge in [-0.1, -0.05) is 0 Å². The molecule has 4 heteroatoms. The predicted octanol–water partition coefficient (Wildman–Crippen LogP) is 2.56. The Morgan fingerprint density at radius 1 is 1.53 bits per heavy atom. The van der Waals surface area contributed by atoms with Crippen LogP contribution in [0.25, 0.3) is 0 Å². The number of rotatable bonds is 4. The van der Waals surface area contributed by atoms with Crippen molar-refractivity contribution in [3.8, 4) is 0 Å². The van der Waals surface area contributed by atoms with Gasteiger partial charge in [0.15, 0.2) is 4.67 Å². The molecule has 0 saturated carbocycles. The molecule has 2 rings (SSSR count). The van der Waals surface area contributed by atoms with Crippen LogP contribution in [0.2, 0.25) is 0 Å². The minimum absolute atomic E-state index is 0.572. The minimum Gasteiger partial charge on any atom is -0.452 e. The van der Waals surface area contributed by atoms with Gasteiger partial charge in [0, 0.05) is 6.54 Å². The van der Waals surface area contributed by atoms with Gasteiger partial charge < -0.3 is 14.5 Å². The molecule has 1 aliphatic heterocycles. The molecule has 0 amide bonds. The molecular weight excluding hydrogens is 258 g/mol. The average molecular weight is 274 g/mol. The summed E-state index contributed by atoms with van der Waals surface area (Å²) < 4.78 is 11.7. The van der Waals surface area contributed by atoms with E-state index in [0.717, 1.165) is 30.1 Å². The zero-order chi connectivity index (χ0) is 10.5. The largest absolute Gasteiger partial charge is 0.452 e. The fourth-order valence-corrected chi connectivity index (χ4v) is 2.16. The number of ether oxygens (including phenoxy) is 1. The number of furan rings is 1. The van der Waals surface area contributed by atoms with Crippen molar-refractivity contribution >= 4 is 15.9 Å². The second kappa shape index (κ2) is 5.68. The van der Waals surface area contributed by atoms with Crippen molar-refractivity contribution in [2.45, 2.75) is 19.4 Å². The lowest BCUT2D eigenvalue weighted by molar-refractivity contribution is 0.0673. The van der Waals surface area contributed by atoms with Crippen LogP contribution in [0, 0.1) is 5.92 Å². The van der Waals surface area contributed by atoms with E-state index in [1.807, 2.05) is 12.1 Å². The van der Waals surface area contributed by atoms with E-state index >= 15 is 0 Å². The molecule has 1 unspecified atom stereocenters. The van der Waals surface area contributed by atoms with Gasteiger partial charge in [-0.2, -0.15) is 0 Å². The van der Waals surface area contributed by atoms with E-state index in [4.69, 9.17) is 9.15 Å². The summed E-state index contributed by atoms with van der Waals surface area (Å²) >= 11 is 3.27. The van der Waals surface area contributed by atoms with Gasteiger partial charge in [0.05, 0.1) is 6.61 Å². The summed E-state index contributed by atoms with van der Waals surface area (Å²) in [5, 5.41) is 3.38. The van der Waals surface area contributed by atoms with Crippen molar-refractivity contribution in [3.63, 3.8) is 0 Å². The molecule has 1 aliphatic rings. The fraction of sp³-hybridized carbons (Fsp3) is 0.636. The summed E-state index contributed by atoms with van der Waals surface area (Å²) in [6, 6.07) is 3.82. The maximum absolute atomic E-state index is 5.62. The van der Waals surface area contributed by atoms with Crippen LogP contribution in [0.15, 0.2) is 21.2 Å². The topological polar surface area (TPSA) is 34.4 Å². The quantitative estimate of drug-likeness (QED) is 0.916. The molecule has 1 aromatic rings. The van der Waals surface area contributed by atoms with Crippen LogP contribution < -0.4 is 5.32 Å². The Morgan fingerprint density at radius 3 is 3.13 bits per heavy atom. The molecule has 0 spiro atoms. The Kier molecular flexibility index (Phi) is 4.23. The van der Waals surface area contributed by atoms with Crippen molar-refractivity contribution in [2.24, 2.45) is 5.92 Å². The molecule has 1 fully saturated rings. The highest BCUT2D eigenvalue weighted by molar-refractivity contribution is 9.10. The van der Waals surface area contributed by atoms with Crippen LogP contribution in [0.5, 0.6) is 0 Å². The van der Waals surface area contributed by atoms with E-state index < -0.39 is 0 Å². The Labute approximate surface area is 98.3 Å². The monoisotopic (exact) mass is 273 g/mol. The fourth-order valence-electron chi connectivity index (χ4n) is 1.82. The van der Waals surface area contributed by atoms with E-state index in [9.17, 15) is 0 Å². The number of nitrogens with one attached hydrogen (secondary N) is 1. The Hall–Kier alpha value is -0.320. The standard InChI is InChI=1S/C11H16BrNO2/c12-11-4-3-10(15-11)8-14-7-9-2-1-5-13-6-9/h3-4,9,13H,1-2,5-8H2. The second-order valence-corrected chi connectivity index (χ2v) is 4.71. The smallest absolute Gasteiger partial charge is 0.169 e. The molecule has 1 saturated heterocycles. The van der Waals surface area contributed by atoms with Crippen LogP contribution in [0.4, 0.5) is 0 Å². The first kappa shape index (κ1) is 11.2. The molecule has 1 N–H and O–H groups in total. The average Bonchev–Trinajstić information content (AvgIpc) is 2.66. The highest BCUT2D eigenvalue weighted by atomic mass is 79.9. The number of piperidine rings is 1. The molecule has 1 aromatic heterocycles. The first-order valence-electron chi connectivity index (χ1n) is 5.37. The summed E-state index contributed by atoms with van der Waals surface area (Å²) in [6.45, 7) is 3.64. The zero-order valence-corrected chi connectivity index (χ0v) is 10.3. The van der Waals surface area contributed by atoms with Gasteiger partial charge in [0.2, 0.25) is 0 Å². The van der Waals surface area contributed by atoms with Crippen molar-refractivity contribution in [1.82, 2.24) is 5.32 Å². The van der Waals surface area contributed by atoms with E-state index in [1.54, 1.807) is 0 Å². The third-order valence-corrected chi connectivity index (χ3v) is 3.05. The van der Waals surface area contributed by atoms with Gasteiger partial charge in [-0.15, -0.1) is 0 Å². The van der Waals surface area contributed by atoms with Gasteiger partial charge in [0.1, 0.15) is 12.4 Å². The Bertz CT molecular complexity index is 295. The first-order valence-corrected chi connectivity index (χ1v) is 6.16. The highest BCUT2D eigenvalue weighted by Gasteiger charge is 2.12. The molecule has 2 heterocycles. The summed E-state index contributed by atoms with van der Waals surface area (Å²) in [6.07, 6.45) is 2.54. The lowest BCUT2D eigenvalue weighted by Gasteiger charge is -2.22. The third-order valence-electron chi connectivity index (χ3n) is 2.63. The van der Waals surface area contributed by atoms with Gasteiger partial charge >= 0.3 is 0 Å². The van der Waals surface area contributed by atoms with E-state index in [-0.39, 0.29) is 0 Å². The van der Waals surface area contributed by atoms with Crippen LogP contribution in [0.1, 0.15) is 18.6 Å². The van der Waals surface area contributed by atoms with Crippen molar-refractivity contribution in [3.05, 3.63) is 22.6 Å². The maximum atomic E-state index is 5.62. The first-order chi connectivity index (χ1) is 7.34. The molecule has 0 bridgehead atoms. The van der Waals surface area contributed by atoms with Gasteiger partial charge in [0.25, 0.3) is 0 Å². The molecule has 1 atom stereocenters. The minimum atomic E-state index is 0.572. The summed E-state index contributed by atoms with van der Waals surface area (Å²) in [7, 11) is 0. The van der Waals surface area contributed by atoms with E-state index in [2.05, 4.69) is 21.2 Å². The van der Waals surface area contributed by atoms with Crippen molar-refractivity contribution in [1.29, 1.82) is 0 Å². The summed E-state index contributed by atoms with van der Waals surface area (Å²) in [5.74, 6) is 1.54. The number of hydrogen-bond donors (Lipinski definition) is 1. The lowest BCUT2D eigenvalue weighted by Crippen LogP contribution is -2.32. The van der Waals surface area contributed by atoms with Crippen LogP contribution >= 0.6 is 15.9 Å². The molecular formula is C11H16BrNO2. The number of hydrogen-bond acceptors (Lipinski definition) is 3. The summed E-state index contributed by atoms with van der Waals surface area (Å²) in [5.41, 5.74) is 0. The number of halogens is 1. The van der Waals surface area contributed by atoms with E-state index in [0.29, 0.717) is 12.5 Å². The molecule has 0 aliphatic carbocycles. The molecule has 84 valence electrons. The SMILES string of the molecule is Brc1ccc(COCC2CCCNC2)o1.